The fraction of sp³-hybridized carbons (Fsp3) is 0.400. The van der Waals surface area contributed by atoms with Crippen LogP contribution in [-0.2, 0) is 10.3 Å². The Morgan fingerprint density at radius 1 is 1.12 bits per heavy atom. The SMILES string of the molecule is COc1ccc(OC)c(C2(c3ccccc3C(C)O)CNCCO2)c1.Cl. The third-order valence-corrected chi connectivity index (χ3v) is 4.69. The fourth-order valence-corrected chi connectivity index (χ4v) is 3.46. The average Bonchev–Trinajstić information content (AvgIpc) is 2.68. The number of morpholine rings is 1. The molecule has 6 heteroatoms. The third-order valence-electron chi connectivity index (χ3n) is 4.69. The lowest BCUT2D eigenvalue weighted by molar-refractivity contribution is -0.0433. The van der Waals surface area contributed by atoms with Crippen LogP contribution in [0.1, 0.15) is 29.7 Å². The summed E-state index contributed by atoms with van der Waals surface area (Å²) in [5.74, 6) is 1.46. The lowest BCUT2D eigenvalue weighted by Gasteiger charge is -2.40. The van der Waals surface area contributed by atoms with Crippen molar-refractivity contribution in [2.24, 2.45) is 0 Å². The van der Waals surface area contributed by atoms with E-state index in [1.54, 1.807) is 21.1 Å². The summed E-state index contributed by atoms with van der Waals surface area (Å²) >= 11 is 0. The maximum Gasteiger partial charge on any atom is 0.135 e. The Morgan fingerprint density at radius 3 is 2.50 bits per heavy atom. The van der Waals surface area contributed by atoms with Gasteiger partial charge in [0.05, 0.1) is 26.9 Å². The van der Waals surface area contributed by atoms with Gasteiger partial charge in [0.2, 0.25) is 0 Å². The van der Waals surface area contributed by atoms with E-state index in [0.29, 0.717) is 13.2 Å². The molecule has 0 aliphatic carbocycles. The highest BCUT2D eigenvalue weighted by atomic mass is 35.5. The van der Waals surface area contributed by atoms with Crippen LogP contribution in [0, 0.1) is 0 Å². The third kappa shape index (κ3) is 3.67. The quantitative estimate of drug-likeness (QED) is 0.836. The molecule has 26 heavy (non-hydrogen) atoms. The molecule has 0 radical (unpaired) electrons. The highest BCUT2D eigenvalue weighted by Crippen LogP contribution is 2.43. The zero-order valence-corrected chi connectivity index (χ0v) is 16.1. The molecule has 2 aromatic carbocycles. The Kier molecular flexibility index (Phi) is 6.89. The summed E-state index contributed by atoms with van der Waals surface area (Å²) in [6.07, 6.45) is -0.602. The predicted molar refractivity (Wildman–Crippen MR) is 103 cm³/mol. The van der Waals surface area contributed by atoms with E-state index in [4.69, 9.17) is 14.2 Å². The molecule has 0 spiro atoms. The largest absolute Gasteiger partial charge is 0.497 e. The second-order valence-electron chi connectivity index (χ2n) is 6.18. The van der Waals surface area contributed by atoms with Gasteiger partial charge in [0, 0.05) is 18.7 Å². The van der Waals surface area contributed by atoms with Crippen LogP contribution in [0.25, 0.3) is 0 Å². The van der Waals surface area contributed by atoms with E-state index in [0.717, 1.165) is 34.7 Å². The van der Waals surface area contributed by atoms with Crippen molar-refractivity contribution >= 4 is 12.4 Å². The summed E-state index contributed by atoms with van der Waals surface area (Å²) in [6, 6.07) is 13.5. The van der Waals surface area contributed by atoms with Crippen LogP contribution < -0.4 is 14.8 Å². The van der Waals surface area contributed by atoms with Gasteiger partial charge in [-0.1, -0.05) is 24.3 Å². The first-order chi connectivity index (χ1) is 12.1. The van der Waals surface area contributed by atoms with E-state index in [1.165, 1.54) is 0 Å². The van der Waals surface area contributed by atoms with Gasteiger partial charge in [-0.2, -0.15) is 0 Å². The summed E-state index contributed by atoms with van der Waals surface area (Å²) in [7, 11) is 3.29. The number of rotatable bonds is 5. The van der Waals surface area contributed by atoms with Crippen molar-refractivity contribution in [1.29, 1.82) is 0 Å². The molecule has 2 unspecified atom stereocenters. The summed E-state index contributed by atoms with van der Waals surface area (Å²) < 4.78 is 17.4. The maximum atomic E-state index is 10.3. The van der Waals surface area contributed by atoms with Crippen molar-refractivity contribution in [1.82, 2.24) is 5.32 Å². The Bertz CT molecular complexity index is 730. The molecule has 0 amide bonds. The van der Waals surface area contributed by atoms with Gasteiger partial charge in [0.15, 0.2) is 0 Å². The highest BCUT2D eigenvalue weighted by molar-refractivity contribution is 5.85. The van der Waals surface area contributed by atoms with Gasteiger partial charge in [0.25, 0.3) is 0 Å². The summed E-state index contributed by atoms with van der Waals surface area (Å²) in [6.45, 7) is 3.70. The van der Waals surface area contributed by atoms with Crippen LogP contribution in [-0.4, -0.2) is 39.0 Å². The number of nitrogens with one attached hydrogen (secondary N) is 1. The first-order valence-corrected chi connectivity index (χ1v) is 8.47. The maximum absolute atomic E-state index is 10.3. The van der Waals surface area contributed by atoms with Gasteiger partial charge in [-0.15, -0.1) is 12.4 Å². The molecule has 1 saturated heterocycles. The summed E-state index contributed by atoms with van der Waals surface area (Å²) in [5.41, 5.74) is 1.90. The van der Waals surface area contributed by atoms with E-state index in [-0.39, 0.29) is 12.4 Å². The van der Waals surface area contributed by atoms with Gasteiger partial charge < -0.3 is 24.6 Å². The average molecular weight is 380 g/mol. The van der Waals surface area contributed by atoms with Crippen LogP contribution in [0.15, 0.2) is 42.5 Å². The fourth-order valence-electron chi connectivity index (χ4n) is 3.46. The number of aliphatic hydroxyl groups is 1. The van der Waals surface area contributed by atoms with Crippen molar-refractivity contribution < 1.29 is 19.3 Å². The molecular weight excluding hydrogens is 354 g/mol. The van der Waals surface area contributed by atoms with E-state index in [9.17, 15) is 5.11 Å². The van der Waals surface area contributed by atoms with E-state index < -0.39 is 11.7 Å². The van der Waals surface area contributed by atoms with Crippen LogP contribution >= 0.6 is 12.4 Å². The topological polar surface area (TPSA) is 60.0 Å². The van der Waals surface area contributed by atoms with Crippen LogP contribution in [0.3, 0.4) is 0 Å². The first-order valence-electron chi connectivity index (χ1n) is 8.47. The van der Waals surface area contributed by atoms with Gasteiger partial charge in [0.1, 0.15) is 17.1 Å². The standard InChI is InChI=1S/C20H25NO4.ClH/c1-14(22)16-6-4-5-7-17(16)20(13-21-10-11-25-20)18-12-15(23-2)8-9-19(18)24-3;/h4-9,12,14,21-22H,10-11,13H2,1-3H3;1H. The van der Waals surface area contributed by atoms with E-state index in [1.807, 2.05) is 42.5 Å². The van der Waals surface area contributed by atoms with Gasteiger partial charge in [-0.3, -0.25) is 0 Å². The zero-order valence-electron chi connectivity index (χ0n) is 15.3. The molecule has 2 atom stereocenters. The number of ether oxygens (including phenoxy) is 3. The zero-order chi connectivity index (χ0) is 17.9. The van der Waals surface area contributed by atoms with Crippen molar-refractivity contribution in [2.45, 2.75) is 18.6 Å². The minimum atomic E-state index is -0.758. The monoisotopic (exact) mass is 379 g/mol. The lowest BCUT2D eigenvalue weighted by Crippen LogP contribution is -2.49. The van der Waals surface area contributed by atoms with Gasteiger partial charge in [-0.25, -0.2) is 0 Å². The molecule has 0 saturated carbocycles. The molecule has 2 N–H and O–H groups in total. The normalized spacial score (nSPS) is 20.8. The molecule has 142 valence electrons. The van der Waals surface area contributed by atoms with Crippen molar-refractivity contribution in [3.63, 3.8) is 0 Å². The molecule has 1 heterocycles. The van der Waals surface area contributed by atoms with Crippen LogP contribution in [0.4, 0.5) is 0 Å². The Balaban J connectivity index is 0.00000243. The number of hydrogen-bond donors (Lipinski definition) is 2. The Labute approximate surface area is 160 Å². The number of methoxy groups -OCH3 is 2. The molecule has 1 fully saturated rings. The van der Waals surface area contributed by atoms with Crippen molar-refractivity contribution in [2.75, 3.05) is 33.9 Å². The molecule has 0 aromatic heterocycles. The lowest BCUT2D eigenvalue weighted by atomic mass is 9.81. The van der Waals surface area contributed by atoms with E-state index >= 15 is 0 Å². The predicted octanol–water partition coefficient (Wildman–Crippen LogP) is 3.04. The summed E-state index contributed by atoms with van der Waals surface area (Å²) in [4.78, 5) is 0. The molecule has 1 aliphatic heterocycles. The van der Waals surface area contributed by atoms with Gasteiger partial charge in [-0.05, 0) is 36.2 Å². The molecule has 3 rings (SSSR count). The van der Waals surface area contributed by atoms with Gasteiger partial charge >= 0.3 is 0 Å². The Morgan fingerprint density at radius 2 is 1.88 bits per heavy atom. The van der Waals surface area contributed by atoms with Crippen LogP contribution in [0.2, 0.25) is 0 Å². The second-order valence-corrected chi connectivity index (χ2v) is 6.18. The summed E-state index contributed by atoms with van der Waals surface area (Å²) in [5, 5.41) is 13.7. The molecular formula is C20H26ClNO4. The highest BCUT2D eigenvalue weighted by Gasteiger charge is 2.41. The van der Waals surface area contributed by atoms with Crippen molar-refractivity contribution in [3.05, 3.63) is 59.2 Å². The molecule has 5 nitrogen and oxygen atoms in total. The number of halogens is 1. The molecule has 2 aromatic rings. The van der Waals surface area contributed by atoms with Crippen LogP contribution in [0.5, 0.6) is 11.5 Å². The number of benzene rings is 2. The minimum Gasteiger partial charge on any atom is -0.497 e. The molecule has 1 aliphatic rings. The smallest absolute Gasteiger partial charge is 0.135 e. The van der Waals surface area contributed by atoms with Crippen molar-refractivity contribution in [3.8, 4) is 11.5 Å². The first kappa shape index (κ1) is 20.5. The number of aliphatic hydroxyl groups excluding tert-OH is 1. The van der Waals surface area contributed by atoms with E-state index in [2.05, 4.69) is 5.32 Å². The molecule has 0 bridgehead atoms. The minimum absolute atomic E-state index is 0. The second kappa shape index (κ2) is 8.73. The Hall–Kier alpha value is -1.79. The number of hydrogen-bond acceptors (Lipinski definition) is 5.